The molecule has 29 heavy (non-hydrogen) atoms. The van der Waals surface area contributed by atoms with Gasteiger partial charge < -0.3 is 20.4 Å². The Morgan fingerprint density at radius 2 is 1.62 bits per heavy atom. The molecule has 3 rings (SSSR count). The van der Waals surface area contributed by atoms with E-state index in [1.54, 1.807) is 18.2 Å². The molecule has 0 saturated carbocycles. The zero-order valence-electron chi connectivity index (χ0n) is 17.3. The number of piperazine rings is 1. The van der Waals surface area contributed by atoms with Crippen LogP contribution in [0.15, 0.2) is 48.5 Å². The third kappa shape index (κ3) is 5.81. The van der Waals surface area contributed by atoms with Gasteiger partial charge in [-0.2, -0.15) is 0 Å². The monoisotopic (exact) mass is 394 g/mol. The molecule has 2 amide bonds. The van der Waals surface area contributed by atoms with Gasteiger partial charge in [0.15, 0.2) is 0 Å². The largest absolute Gasteiger partial charge is 0.369 e. The number of unbranched alkanes of at least 4 members (excludes halogenated alkanes) is 1. The number of carbonyl (C=O) groups excluding carboxylic acids is 2. The van der Waals surface area contributed by atoms with E-state index >= 15 is 0 Å². The van der Waals surface area contributed by atoms with Crippen molar-refractivity contribution in [1.82, 2.24) is 4.90 Å². The normalized spacial score (nSPS) is 14.5. The quantitative estimate of drug-likeness (QED) is 0.749. The van der Waals surface area contributed by atoms with Crippen LogP contribution in [0.25, 0.3) is 0 Å². The van der Waals surface area contributed by atoms with Crippen LogP contribution < -0.4 is 15.5 Å². The van der Waals surface area contributed by atoms with Crippen LogP contribution in [-0.2, 0) is 4.79 Å². The summed E-state index contributed by atoms with van der Waals surface area (Å²) in [5.74, 6) is -0.299. The van der Waals surface area contributed by atoms with Gasteiger partial charge in [-0.1, -0.05) is 25.5 Å². The molecule has 1 fully saturated rings. The van der Waals surface area contributed by atoms with Crippen LogP contribution in [0.5, 0.6) is 0 Å². The number of likely N-dealkylation sites (N-methyl/N-ethyl adjacent to an activating group) is 1. The molecular formula is C23H30N4O2. The Bertz CT molecular complexity index is 827. The molecule has 0 aromatic heterocycles. The molecule has 0 unspecified atom stereocenters. The van der Waals surface area contributed by atoms with Gasteiger partial charge in [0.2, 0.25) is 5.91 Å². The van der Waals surface area contributed by atoms with E-state index in [0.29, 0.717) is 17.7 Å². The third-order valence-corrected chi connectivity index (χ3v) is 5.20. The summed E-state index contributed by atoms with van der Waals surface area (Å²) in [4.78, 5) is 29.5. The first-order valence-electron chi connectivity index (χ1n) is 10.3. The summed E-state index contributed by atoms with van der Waals surface area (Å²) in [6, 6.07) is 15.0. The van der Waals surface area contributed by atoms with E-state index in [0.717, 1.165) is 44.7 Å². The van der Waals surface area contributed by atoms with Gasteiger partial charge in [-0.25, -0.2) is 0 Å². The summed E-state index contributed by atoms with van der Waals surface area (Å²) < 4.78 is 0. The number of hydrogen-bond acceptors (Lipinski definition) is 4. The predicted molar refractivity (Wildman–Crippen MR) is 119 cm³/mol. The molecule has 6 heteroatoms. The van der Waals surface area contributed by atoms with Gasteiger partial charge in [-0.3, -0.25) is 9.59 Å². The molecule has 1 aliphatic rings. The fourth-order valence-electron chi connectivity index (χ4n) is 3.36. The van der Waals surface area contributed by atoms with Gasteiger partial charge in [-0.05, 0) is 49.9 Å². The number of nitrogens with zero attached hydrogens (tertiary/aromatic N) is 2. The number of anilines is 3. The summed E-state index contributed by atoms with van der Waals surface area (Å²) in [5, 5.41) is 5.79. The van der Waals surface area contributed by atoms with E-state index in [1.807, 2.05) is 37.3 Å². The van der Waals surface area contributed by atoms with Crippen molar-refractivity contribution in [2.45, 2.75) is 26.2 Å². The lowest BCUT2D eigenvalue weighted by Gasteiger charge is -2.34. The minimum atomic E-state index is -0.233. The minimum Gasteiger partial charge on any atom is -0.369 e. The lowest BCUT2D eigenvalue weighted by molar-refractivity contribution is -0.116. The standard InChI is InChI=1S/C23H30N4O2/c1-3-4-9-22(28)25-21-8-6-5-7-20(21)23(29)24-18-10-12-19(13-11-18)27-16-14-26(2)15-17-27/h5-8,10-13H,3-4,9,14-17H2,1-2H3,(H,24,29)(H,25,28). The van der Waals surface area contributed by atoms with Crippen LogP contribution in [0.3, 0.4) is 0 Å². The highest BCUT2D eigenvalue weighted by atomic mass is 16.2. The van der Waals surface area contributed by atoms with E-state index in [2.05, 4.69) is 27.5 Å². The minimum absolute atomic E-state index is 0.0661. The summed E-state index contributed by atoms with van der Waals surface area (Å²) in [7, 11) is 2.14. The van der Waals surface area contributed by atoms with Crippen molar-refractivity contribution >= 4 is 28.9 Å². The van der Waals surface area contributed by atoms with Crippen molar-refractivity contribution < 1.29 is 9.59 Å². The number of benzene rings is 2. The Hall–Kier alpha value is -2.86. The highest BCUT2D eigenvalue weighted by Crippen LogP contribution is 2.21. The number of rotatable bonds is 7. The van der Waals surface area contributed by atoms with E-state index in [-0.39, 0.29) is 11.8 Å². The van der Waals surface area contributed by atoms with Crippen LogP contribution in [-0.4, -0.2) is 49.9 Å². The topological polar surface area (TPSA) is 64.7 Å². The SMILES string of the molecule is CCCCC(=O)Nc1ccccc1C(=O)Nc1ccc(N2CCN(C)CC2)cc1. The van der Waals surface area contributed by atoms with Crippen molar-refractivity contribution in [3.63, 3.8) is 0 Å². The number of carbonyl (C=O) groups is 2. The van der Waals surface area contributed by atoms with Crippen LogP contribution in [0.1, 0.15) is 36.5 Å². The maximum Gasteiger partial charge on any atom is 0.257 e. The Morgan fingerprint density at radius 3 is 2.31 bits per heavy atom. The molecule has 154 valence electrons. The number of nitrogens with one attached hydrogen (secondary N) is 2. The fraction of sp³-hybridized carbons (Fsp3) is 0.391. The molecule has 6 nitrogen and oxygen atoms in total. The first-order valence-corrected chi connectivity index (χ1v) is 10.3. The fourth-order valence-corrected chi connectivity index (χ4v) is 3.36. The Kier molecular flexibility index (Phi) is 7.25. The molecule has 1 aliphatic heterocycles. The lowest BCUT2D eigenvalue weighted by atomic mass is 10.1. The molecule has 1 heterocycles. The van der Waals surface area contributed by atoms with Crippen molar-refractivity contribution in [1.29, 1.82) is 0 Å². The molecule has 2 aromatic carbocycles. The second-order valence-corrected chi connectivity index (χ2v) is 7.49. The second kappa shape index (κ2) is 10.1. The molecule has 1 saturated heterocycles. The van der Waals surface area contributed by atoms with E-state index in [9.17, 15) is 9.59 Å². The van der Waals surface area contributed by atoms with Gasteiger partial charge in [0.1, 0.15) is 0 Å². The molecule has 2 N–H and O–H groups in total. The Labute approximate surface area is 172 Å². The maximum absolute atomic E-state index is 12.8. The van der Waals surface area contributed by atoms with Crippen LogP contribution in [0.2, 0.25) is 0 Å². The molecule has 0 aliphatic carbocycles. The van der Waals surface area contributed by atoms with Crippen LogP contribution in [0, 0.1) is 0 Å². The van der Waals surface area contributed by atoms with Gasteiger partial charge in [0, 0.05) is 44.0 Å². The van der Waals surface area contributed by atoms with Crippen molar-refractivity contribution in [3.05, 3.63) is 54.1 Å². The number of amides is 2. The molecule has 0 atom stereocenters. The lowest BCUT2D eigenvalue weighted by Crippen LogP contribution is -2.44. The molecule has 0 spiro atoms. The second-order valence-electron chi connectivity index (χ2n) is 7.49. The van der Waals surface area contributed by atoms with Crippen molar-refractivity contribution in [2.24, 2.45) is 0 Å². The maximum atomic E-state index is 12.8. The van der Waals surface area contributed by atoms with Crippen molar-refractivity contribution in [3.8, 4) is 0 Å². The predicted octanol–water partition coefficient (Wildman–Crippen LogP) is 3.82. The first kappa shape index (κ1) is 20.9. The smallest absolute Gasteiger partial charge is 0.257 e. The summed E-state index contributed by atoms with van der Waals surface area (Å²) in [5.41, 5.74) is 2.90. The molecule has 0 bridgehead atoms. The highest BCUT2D eigenvalue weighted by molar-refractivity contribution is 6.10. The Morgan fingerprint density at radius 1 is 0.931 bits per heavy atom. The van der Waals surface area contributed by atoms with Gasteiger partial charge in [0.25, 0.3) is 5.91 Å². The van der Waals surface area contributed by atoms with Gasteiger partial charge in [0.05, 0.1) is 11.3 Å². The zero-order chi connectivity index (χ0) is 20.6. The van der Waals surface area contributed by atoms with Crippen LogP contribution in [0.4, 0.5) is 17.1 Å². The third-order valence-electron chi connectivity index (χ3n) is 5.20. The summed E-state index contributed by atoms with van der Waals surface area (Å²) >= 11 is 0. The molecule has 2 aromatic rings. The molecule has 0 radical (unpaired) electrons. The van der Waals surface area contributed by atoms with Gasteiger partial charge in [-0.15, -0.1) is 0 Å². The summed E-state index contributed by atoms with van der Waals surface area (Å²) in [6.07, 6.45) is 2.25. The van der Waals surface area contributed by atoms with Crippen LogP contribution >= 0.6 is 0 Å². The van der Waals surface area contributed by atoms with Gasteiger partial charge >= 0.3 is 0 Å². The average molecular weight is 395 g/mol. The zero-order valence-corrected chi connectivity index (χ0v) is 17.3. The summed E-state index contributed by atoms with van der Waals surface area (Å²) in [6.45, 7) is 6.17. The highest BCUT2D eigenvalue weighted by Gasteiger charge is 2.15. The Balaban J connectivity index is 1.63. The number of para-hydroxylation sites is 1. The van der Waals surface area contributed by atoms with E-state index in [4.69, 9.17) is 0 Å². The van der Waals surface area contributed by atoms with E-state index in [1.165, 1.54) is 5.69 Å². The van der Waals surface area contributed by atoms with Crippen molar-refractivity contribution in [2.75, 3.05) is 48.8 Å². The first-order chi connectivity index (χ1) is 14.1. The number of hydrogen-bond donors (Lipinski definition) is 2. The molecular weight excluding hydrogens is 364 g/mol. The van der Waals surface area contributed by atoms with E-state index < -0.39 is 0 Å². The average Bonchev–Trinajstić information content (AvgIpc) is 2.74.